The lowest BCUT2D eigenvalue weighted by Crippen LogP contribution is -2.09. The summed E-state index contributed by atoms with van der Waals surface area (Å²) in [5.74, 6) is 0.463. The van der Waals surface area contributed by atoms with Crippen LogP contribution in [0.4, 0.5) is 0 Å². The van der Waals surface area contributed by atoms with Crippen LogP contribution in [-0.4, -0.2) is 26.3 Å². The third kappa shape index (κ3) is 1.94. The summed E-state index contributed by atoms with van der Waals surface area (Å²) in [5, 5.41) is 0. The number of hydrogen-bond donors (Lipinski definition) is 0. The Hall–Kier alpha value is -1.55. The van der Waals surface area contributed by atoms with E-state index in [2.05, 4.69) is 4.74 Å². The fraction of sp³-hybridized carbons (Fsp3) is 0.364. The lowest BCUT2D eigenvalue weighted by molar-refractivity contribution is -0.142. The zero-order chi connectivity index (χ0) is 10.8. The van der Waals surface area contributed by atoms with Gasteiger partial charge >= 0.3 is 5.97 Å². The summed E-state index contributed by atoms with van der Waals surface area (Å²) < 4.78 is 14.8. The molecule has 1 heterocycles. The van der Waals surface area contributed by atoms with Crippen LogP contribution in [0.1, 0.15) is 11.7 Å². The highest BCUT2D eigenvalue weighted by Gasteiger charge is 2.47. The number of rotatable bonds is 3. The topological polar surface area (TPSA) is 48.1 Å². The Morgan fingerprint density at radius 3 is 2.47 bits per heavy atom. The predicted molar refractivity (Wildman–Crippen MR) is 52.6 cm³/mol. The Labute approximate surface area is 87.8 Å². The average Bonchev–Trinajstić information content (AvgIpc) is 3.08. The summed E-state index contributed by atoms with van der Waals surface area (Å²) in [6, 6.07) is 7.44. The Morgan fingerprint density at radius 1 is 1.27 bits per heavy atom. The van der Waals surface area contributed by atoms with Crippen LogP contribution in [0.15, 0.2) is 24.3 Å². The summed E-state index contributed by atoms with van der Waals surface area (Å²) in [7, 11) is 2.97. The second-order valence-electron chi connectivity index (χ2n) is 3.27. The first-order chi connectivity index (χ1) is 7.26. The number of epoxide rings is 1. The zero-order valence-electron chi connectivity index (χ0n) is 8.60. The molecule has 2 atom stereocenters. The molecule has 1 aromatic carbocycles. The maximum Gasteiger partial charge on any atom is 0.338 e. The predicted octanol–water partition coefficient (Wildman–Crippen LogP) is 1.31. The number of hydrogen-bond acceptors (Lipinski definition) is 4. The van der Waals surface area contributed by atoms with Gasteiger partial charge < -0.3 is 14.2 Å². The standard InChI is InChI=1S/C11H12O4/c1-13-8-5-3-7(4-6-8)9-10(15-9)11(12)14-2/h3-6,9-10H,1-2H3/t9?,10-/m1/s1. The van der Waals surface area contributed by atoms with Gasteiger partial charge in [0.05, 0.1) is 14.2 Å². The second kappa shape index (κ2) is 3.90. The van der Waals surface area contributed by atoms with Crippen LogP contribution in [0.2, 0.25) is 0 Å². The van der Waals surface area contributed by atoms with Crippen molar-refractivity contribution in [3.63, 3.8) is 0 Å². The molecule has 1 aromatic rings. The van der Waals surface area contributed by atoms with E-state index < -0.39 is 6.10 Å². The molecule has 1 saturated heterocycles. The van der Waals surface area contributed by atoms with Crippen LogP contribution < -0.4 is 4.74 Å². The van der Waals surface area contributed by atoms with E-state index in [0.29, 0.717) is 0 Å². The van der Waals surface area contributed by atoms with Crippen molar-refractivity contribution in [2.45, 2.75) is 12.2 Å². The van der Waals surface area contributed by atoms with E-state index in [1.165, 1.54) is 7.11 Å². The fourth-order valence-electron chi connectivity index (χ4n) is 1.45. The molecule has 1 aliphatic rings. The van der Waals surface area contributed by atoms with E-state index in [0.717, 1.165) is 11.3 Å². The quantitative estimate of drug-likeness (QED) is 0.555. The normalized spacial score (nSPS) is 23.3. The van der Waals surface area contributed by atoms with Crippen LogP contribution in [0.5, 0.6) is 5.75 Å². The second-order valence-corrected chi connectivity index (χ2v) is 3.27. The molecular weight excluding hydrogens is 196 g/mol. The highest BCUT2D eigenvalue weighted by atomic mass is 16.6. The highest BCUT2D eigenvalue weighted by Crippen LogP contribution is 2.39. The minimum Gasteiger partial charge on any atom is -0.497 e. The molecule has 4 nitrogen and oxygen atoms in total. The molecule has 0 amide bonds. The van der Waals surface area contributed by atoms with Gasteiger partial charge in [-0.3, -0.25) is 0 Å². The Balaban J connectivity index is 2.04. The molecule has 0 spiro atoms. The van der Waals surface area contributed by atoms with Crippen LogP contribution >= 0.6 is 0 Å². The van der Waals surface area contributed by atoms with Gasteiger partial charge in [0.2, 0.25) is 0 Å². The van der Waals surface area contributed by atoms with Gasteiger partial charge in [-0.1, -0.05) is 12.1 Å². The molecule has 4 heteroatoms. The SMILES string of the molecule is COC(=O)[C@@H]1OC1c1ccc(OC)cc1. The number of esters is 1. The lowest BCUT2D eigenvalue weighted by atomic mass is 10.1. The van der Waals surface area contributed by atoms with Crippen molar-refractivity contribution in [2.24, 2.45) is 0 Å². The van der Waals surface area contributed by atoms with Crippen molar-refractivity contribution in [2.75, 3.05) is 14.2 Å². The molecule has 80 valence electrons. The summed E-state index contributed by atoms with van der Waals surface area (Å²) >= 11 is 0. The van der Waals surface area contributed by atoms with E-state index in [1.807, 2.05) is 24.3 Å². The van der Waals surface area contributed by atoms with Gasteiger partial charge in [-0.25, -0.2) is 4.79 Å². The van der Waals surface area contributed by atoms with Crippen LogP contribution in [0.3, 0.4) is 0 Å². The number of carbonyl (C=O) groups excluding carboxylic acids is 1. The van der Waals surface area contributed by atoms with Crippen molar-refractivity contribution in [1.29, 1.82) is 0 Å². The van der Waals surface area contributed by atoms with E-state index in [1.54, 1.807) is 7.11 Å². The molecule has 0 N–H and O–H groups in total. The molecule has 1 fully saturated rings. The molecule has 0 aliphatic carbocycles. The van der Waals surface area contributed by atoms with E-state index in [-0.39, 0.29) is 12.1 Å². The summed E-state index contributed by atoms with van der Waals surface area (Å²) in [6.07, 6.45) is -0.605. The lowest BCUT2D eigenvalue weighted by Gasteiger charge is -2.00. The van der Waals surface area contributed by atoms with Crippen LogP contribution in [0, 0.1) is 0 Å². The Kier molecular flexibility index (Phi) is 2.60. The third-order valence-corrected chi connectivity index (χ3v) is 2.37. The molecule has 0 radical (unpaired) electrons. The summed E-state index contributed by atoms with van der Waals surface area (Å²) in [5.41, 5.74) is 0.964. The first-order valence-electron chi connectivity index (χ1n) is 4.63. The van der Waals surface area contributed by atoms with Gasteiger partial charge in [-0.15, -0.1) is 0 Å². The number of carbonyl (C=O) groups is 1. The molecule has 0 bridgehead atoms. The largest absolute Gasteiger partial charge is 0.497 e. The maximum absolute atomic E-state index is 11.1. The number of ether oxygens (including phenoxy) is 3. The number of benzene rings is 1. The molecule has 15 heavy (non-hydrogen) atoms. The molecule has 2 rings (SSSR count). The van der Waals surface area contributed by atoms with Crippen molar-refractivity contribution in [3.8, 4) is 5.75 Å². The van der Waals surface area contributed by atoms with Gasteiger partial charge in [-0.2, -0.15) is 0 Å². The third-order valence-electron chi connectivity index (χ3n) is 2.37. The fourth-order valence-corrected chi connectivity index (χ4v) is 1.45. The Bertz CT molecular complexity index is 357. The minimum absolute atomic E-state index is 0.164. The first kappa shape index (κ1) is 9.98. The average molecular weight is 208 g/mol. The van der Waals surface area contributed by atoms with Gasteiger partial charge in [0.1, 0.15) is 11.9 Å². The monoisotopic (exact) mass is 208 g/mol. The van der Waals surface area contributed by atoms with Gasteiger partial charge in [0, 0.05) is 0 Å². The van der Waals surface area contributed by atoms with E-state index >= 15 is 0 Å². The molecular formula is C11H12O4. The Morgan fingerprint density at radius 2 is 1.93 bits per heavy atom. The summed E-state index contributed by atoms with van der Waals surface area (Å²) in [4.78, 5) is 11.1. The maximum atomic E-state index is 11.1. The summed E-state index contributed by atoms with van der Waals surface area (Å²) in [6.45, 7) is 0. The van der Waals surface area contributed by atoms with Gasteiger partial charge in [0.15, 0.2) is 6.10 Å². The first-order valence-corrected chi connectivity index (χ1v) is 4.63. The van der Waals surface area contributed by atoms with Crippen LogP contribution in [-0.2, 0) is 14.3 Å². The molecule has 1 unspecified atom stereocenters. The van der Waals surface area contributed by atoms with Crippen molar-refractivity contribution in [1.82, 2.24) is 0 Å². The zero-order valence-corrected chi connectivity index (χ0v) is 8.60. The molecule has 1 aliphatic heterocycles. The van der Waals surface area contributed by atoms with Gasteiger partial charge in [-0.05, 0) is 17.7 Å². The van der Waals surface area contributed by atoms with Gasteiger partial charge in [0.25, 0.3) is 0 Å². The van der Waals surface area contributed by atoms with Crippen molar-refractivity contribution in [3.05, 3.63) is 29.8 Å². The van der Waals surface area contributed by atoms with E-state index in [9.17, 15) is 4.79 Å². The van der Waals surface area contributed by atoms with Crippen molar-refractivity contribution >= 4 is 5.97 Å². The van der Waals surface area contributed by atoms with E-state index in [4.69, 9.17) is 9.47 Å². The molecule has 0 saturated carbocycles. The molecule has 0 aromatic heterocycles. The smallest absolute Gasteiger partial charge is 0.338 e. The number of methoxy groups -OCH3 is 2. The van der Waals surface area contributed by atoms with Crippen molar-refractivity contribution < 1.29 is 19.0 Å². The highest BCUT2D eigenvalue weighted by molar-refractivity contribution is 5.78. The minimum atomic E-state index is -0.441. The van der Waals surface area contributed by atoms with Crippen LogP contribution in [0.25, 0.3) is 0 Å².